The predicted octanol–water partition coefficient (Wildman–Crippen LogP) is 4.99. The van der Waals surface area contributed by atoms with Crippen molar-refractivity contribution in [1.82, 2.24) is 4.90 Å². The summed E-state index contributed by atoms with van der Waals surface area (Å²) in [5.74, 6) is -1.60. The first-order valence-corrected chi connectivity index (χ1v) is 11.3. The van der Waals surface area contributed by atoms with E-state index in [0.717, 1.165) is 21.0 Å². The Balaban J connectivity index is 1.72. The van der Waals surface area contributed by atoms with Gasteiger partial charge in [-0.2, -0.15) is 0 Å². The van der Waals surface area contributed by atoms with Gasteiger partial charge in [-0.15, -0.1) is 0 Å². The van der Waals surface area contributed by atoms with Crippen LogP contribution in [0, 0.1) is 10.1 Å². The Hall–Kier alpha value is -3.56. The zero-order chi connectivity index (χ0) is 24.4. The van der Waals surface area contributed by atoms with E-state index >= 15 is 0 Å². The molecule has 0 aromatic heterocycles. The molecule has 34 heavy (non-hydrogen) atoms. The maximum absolute atomic E-state index is 13.5. The van der Waals surface area contributed by atoms with Crippen LogP contribution in [0.3, 0.4) is 0 Å². The van der Waals surface area contributed by atoms with Crippen molar-refractivity contribution in [3.8, 4) is 0 Å². The van der Waals surface area contributed by atoms with Gasteiger partial charge in [-0.25, -0.2) is 4.90 Å². The predicted molar refractivity (Wildman–Crippen MR) is 129 cm³/mol. The van der Waals surface area contributed by atoms with Crippen molar-refractivity contribution in [1.29, 1.82) is 0 Å². The van der Waals surface area contributed by atoms with E-state index in [1.807, 2.05) is 6.07 Å². The van der Waals surface area contributed by atoms with E-state index in [9.17, 15) is 24.5 Å². The third-order valence-electron chi connectivity index (χ3n) is 5.43. The molecule has 10 heteroatoms. The van der Waals surface area contributed by atoms with E-state index in [1.54, 1.807) is 48.5 Å². The lowest BCUT2D eigenvalue weighted by atomic mass is 10.1. The molecule has 1 atom stereocenters. The Labute approximate surface area is 208 Å². The molecule has 172 valence electrons. The number of imide groups is 1. The van der Waals surface area contributed by atoms with Gasteiger partial charge >= 0.3 is 0 Å². The molecular weight excluding hydrogens is 526 g/mol. The van der Waals surface area contributed by atoms with Crippen LogP contribution in [-0.4, -0.2) is 33.6 Å². The SMILES string of the molecule is O=C1CC(N(Cc2ccccc2)C(=O)c2ccc(Cl)c([N+](=O)[O-])c2)C(=O)N1c1ccc(Br)cc1. The second-order valence-electron chi connectivity index (χ2n) is 7.61. The fourth-order valence-electron chi connectivity index (χ4n) is 3.78. The maximum atomic E-state index is 13.5. The Morgan fingerprint density at radius 1 is 1.09 bits per heavy atom. The highest BCUT2D eigenvalue weighted by atomic mass is 79.9. The van der Waals surface area contributed by atoms with E-state index in [2.05, 4.69) is 15.9 Å². The van der Waals surface area contributed by atoms with Crippen molar-refractivity contribution >= 4 is 56.6 Å². The smallest absolute Gasteiger partial charge is 0.288 e. The van der Waals surface area contributed by atoms with Gasteiger partial charge in [0.05, 0.1) is 17.0 Å². The monoisotopic (exact) mass is 541 g/mol. The molecule has 0 spiro atoms. The lowest BCUT2D eigenvalue weighted by Gasteiger charge is -2.28. The Kier molecular flexibility index (Phi) is 6.76. The van der Waals surface area contributed by atoms with Crippen LogP contribution in [0.1, 0.15) is 22.3 Å². The number of anilines is 1. The molecule has 0 N–H and O–H groups in total. The molecule has 0 saturated carbocycles. The van der Waals surface area contributed by atoms with Gasteiger partial charge in [0.2, 0.25) is 5.91 Å². The van der Waals surface area contributed by atoms with Crippen molar-refractivity contribution < 1.29 is 19.3 Å². The van der Waals surface area contributed by atoms with Gasteiger partial charge in [-0.05, 0) is 42.0 Å². The highest BCUT2D eigenvalue weighted by molar-refractivity contribution is 9.10. The quantitative estimate of drug-likeness (QED) is 0.248. The summed E-state index contributed by atoms with van der Waals surface area (Å²) in [6.07, 6.45) is -0.205. The van der Waals surface area contributed by atoms with Gasteiger partial charge < -0.3 is 4.90 Å². The molecule has 1 aliphatic rings. The molecule has 3 amide bonds. The number of carbonyl (C=O) groups excluding carboxylic acids is 3. The van der Waals surface area contributed by atoms with Crippen LogP contribution in [0.2, 0.25) is 5.02 Å². The third kappa shape index (κ3) is 4.71. The summed E-state index contributed by atoms with van der Waals surface area (Å²) >= 11 is 9.22. The number of carbonyl (C=O) groups is 3. The Morgan fingerprint density at radius 2 is 1.76 bits per heavy atom. The molecule has 3 aromatic carbocycles. The molecule has 1 saturated heterocycles. The first-order valence-electron chi connectivity index (χ1n) is 10.2. The number of hydrogen-bond acceptors (Lipinski definition) is 5. The molecule has 1 aliphatic heterocycles. The molecule has 8 nitrogen and oxygen atoms in total. The van der Waals surface area contributed by atoms with E-state index in [0.29, 0.717) is 5.69 Å². The van der Waals surface area contributed by atoms with Crippen LogP contribution in [0.15, 0.2) is 77.3 Å². The molecular formula is C24H17BrClN3O5. The minimum absolute atomic E-state index is 0.00521. The largest absolute Gasteiger partial charge is 0.322 e. The van der Waals surface area contributed by atoms with E-state index in [4.69, 9.17) is 11.6 Å². The number of amides is 3. The number of nitrogens with zero attached hydrogens (tertiary/aromatic N) is 3. The van der Waals surface area contributed by atoms with Crippen molar-refractivity contribution in [2.45, 2.75) is 19.0 Å². The molecule has 0 bridgehead atoms. The van der Waals surface area contributed by atoms with Crippen LogP contribution in [0.25, 0.3) is 0 Å². The zero-order valence-corrected chi connectivity index (χ0v) is 19.9. The van der Waals surface area contributed by atoms with E-state index < -0.39 is 34.4 Å². The standard InChI is InChI=1S/C24H17BrClN3O5/c25-17-7-9-18(10-8-17)28-22(30)13-21(24(28)32)27(14-15-4-2-1-3-5-15)23(31)16-6-11-19(26)20(12-16)29(33)34/h1-12,21H,13-14H2. The van der Waals surface area contributed by atoms with Crippen molar-refractivity contribution in [3.63, 3.8) is 0 Å². The average molecular weight is 543 g/mol. The van der Waals surface area contributed by atoms with Crippen molar-refractivity contribution in [3.05, 3.63) is 104 Å². The topological polar surface area (TPSA) is 101 Å². The number of halogens is 2. The van der Waals surface area contributed by atoms with Crippen molar-refractivity contribution in [2.24, 2.45) is 0 Å². The normalized spacial score (nSPS) is 15.5. The van der Waals surface area contributed by atoms with Gasteiger partial charge in [-0.3, -0.25) is 24.5 Å². The fraction of sp³-hybridized carbons (Fsp3) is 0.125. The molecule has 1 fully saturated rings. The molecule has 4 rings (SSSR count). The van der Waals surface area contributed by atoms with Gasteiger partial charge in [0.15, 0.2) is 0 Å². The van der Waals surface area contributed by atoms with Crippen LogP contribution < -0.4 is 4.90 Å². The number of hydrogen-bond donors (Lipinski definition) is 0. The number of nitro groups is 1. The second-order valence-corrected chi connectivity index (χ2v) is 8.93. The van der Waals surface area contributed by atoms with E-state index in [-0.39, 0.29) is 23.6 Å². The highest BCUT2D eigenvalue weighted by Crippen LogP contribution is 2.30. The molecule has 0 radical (unpaired) electrons. The first-order chi connectivity index (χ1) is 16.3. The van der Waals surface area contributed by atoms with Gasteiger partial charge in [0.25, 0.3) is 17.5 Å². The van der Waals surface area contributed by atoms with Crippen LogP contribution in [0.5, 0.6) is 0 Å². The van der Waals surface area contributed by atoms with Gasteiger partial charge in [-0.1, -0.05) is 57.9 Å². The summed E-state index contributed by atoms with van der Waals surface area (Å²) in [6.45, 7) is 0.0357. The summed E-state index contributed by atoms with van der Waals surface area (Å²) in [5.41, 5.74) is 0.712. The van der Waals surface area contributed by atoms with Gasteiger partial charge in [0.1, 0.15) is 11.1 Å². The summed E-state index contributed by atoms with van der Waals surface area (Å²) in [7, 11) is 0. The average Bonchev–Trinajstić information content (AvgIpc) is 3.12. The summed E-state index contributed by atoms with van der Waals surface area (Å²) in [6, 6.07) is 18.3. The number of rotatable bonds is 6. The summed E-state index contributed by atoms with van der Waals surface area (Å²) < 4.78 is 0.789. The highest BCUT2D eigenvalue weighted by Gasteiger charge is 2.44. The Morgan fingerprint density at radius 3 is 2.41 bits per heavy atom. The van der Waals surface area contributed by atoms with Gasteiger partial charge in [0, 0.05) is 22.6 Å². The van der Waals surface area contributed by atoms with Crippen molar-refractivity contribution in [2.75, 3.05) is 4.90 Å². The maximum Gasteiger partial charge on any atom is 0.288 e. The molecule has 3 aromatic rings. The first kappa shape index (κ1) is 23.6. The zero-order valence-electron chi connectivity index (χ0n) is 17.6. The molecule has 0 aliphatic carbocycles. The second kappa shape index (κ2) is 9.74. The lowest BCUT2D eigenvalue weighted by molar-refractivity contribution is -0.384. The molecule has 1 unspecified atom stereocenters. The van der Waals surface area contributed by atoms with Crippen LogP contribution in [-0.2, 0) is 16.1 Å². The fourth-order valence-corrected chi connectivity index (χ4v) is 4.23. The van der Waals surface area contributed by atoms with Crippen LogP contribution >= 0.6 is 27.5 Å². The number of nitro benzene ring substituents is 1. The minimum Gasteiger partial charge on any atom is -0.322 e. The number of benzene rings is 3. The Bertz CT molecular complexity index is 1280. The van der Waals surface area contributed by atoms with Crippen LogP contribution in [0.4, 0.5) is 11.4 Å². The molecule has 1 heterocycles. The lowest BCUT2D eigenvalue weighted by Crippen LogP contribution is -2.45. The van der Waals surface area contributed by atoms with E-state index in [1.165, 1.54) is 17.0 Å². The summed E-state index contributed by atoms with van der Waals surface area (Å²) in [4.78, 5) is 52.7. The summed E-state index contributed by atoms with van der Waals surface area (Å²) in [5, 5.41) is 11.2. The third-order valence-corrected chi connectivity index (χ3v) is 6.28. The minimum atomic E-state index is -1.07.